The molecule has 4 N–H and O–H groups in total. The van der Waals surface area contributed by atoms with Gasteiger partial charge >= 0.3 is 0 Å². The fraction of sp³-hybridized carbons (Fsp3) is 0.231. The summed E-state index contributed by atoms with van der Waals surface area (Å²) < 4.78 is 10.4. The molecule has 106 valence electrons. The quantitative estimate of drug-likeness (QED) is 0.541. The van der Waals surface area contributed by atoms with Gasteiger partial charge in [0.15, 0.2) is 11.6 Å². The highest BCUT2D eigenvalue weighted by molar-refractivity contribution is 5.63. The maximum Gasteiger partial charge on any atom is 0.205 e. The van der Waals surface area contributed by atoms with Crippen molar-refractivity contribution in [3.63, 3.8) is 0 Å². The van der Waals surface area contributed by atoms with E-state index in [4.69, 9.17) is 15.3 Å². The zero-order chi connectivity index (χ0) is 14.4. The Labute approximate surface area is 117 Å². The predicted octanol–water partition coefficient (Wildman–Crippen LogP) is 1.39. The van der Waals surface area contributed by atoms with Gasteiger partial charge in [-0.1, -0.05) is 12.1 Å². The van der Waals surface area contributed by atoms with Gasteiger partial charge in [0.1, 0.15) is 12.1 Å². The molecular weight excluding hydrogens is 258 g/mol. The van der Waals surface area contributed by atoms with Crippen LogP contribution in [0.15, 0.2) is 30.6 Å². The zero-order valence-electron chi connectivity index (χ0n) is 11.4. The lowest BCUT2D eigenvalue weighted by Gasteiger charge is -2.12. The van der Waals surface area contributed by atoms with Crippen LogP contribution in [0, 0.1) is 0 Å². The predicted molar refractivity (Wildman–Crippen MR) is 76.7 cm³/mol. The van der Waals surface area contributed by atoms with E-state index in [1.54, 1.807) is 7.11 Å². The maximum atomic E-state index is 5.38. The van der Waals surface area contributed by atoms with Crippen molar-refractivity contribution in [2.75, 3.05) is 25.0 Å². The Hall–Kier alpha value is -2.54. The molecule has 1 aromatic heterocycles. The first-order chi connectivity index (χ1) is 9.78. The van der Waals surface area contributed by atoms with E-state index in [1.807, 2.05) is 24.3 Å². The molecular formula is C13H17N5O2. The molecule has 0 aliphatic carbocycles. The summed E-state index contributed by atoms with van der Waals surface area (Å²) >= 11 is 0. The highest BCUT2D eigenvalue weighted by Gasteiger charge is 2.10. The standard InChI is InChI=1S/C13H17N5O2/c1-19-10-5-3-4-9(6-10)7-15-12-11(20-2)13(18-14)17-8-16-12/h3-6,8H,7,14H2,1-2H3,(H2,15,16,17,18). The minimum Gasteiger partial charge on any atom is -0.497 e. The van der Waals surface area contributed by atoms with Crippen molar-refractivity contribution in [3.05, 3.63) is 36.2 Å². The number of nitrogen functional groups attached to an aromatic ring is 1. The molecule has 0 amide bonds. The van der Waals surface area contributed by atoms with E-state index in [1.165, 1.54) is 13.4 Å². The molecule has 2 rings (SSSR count). The fourth-order valence-corrected chi connectivity index (χ4v) is 1.76. The third-order valence-corrected chi connectivity index (χ3v) is 2.74. The van der Waals surface area contributed by atoms with Gasteiger partial charge in [0.05, 0.1) is 14.2 Å². The van der Waals surface area contributed by atoms with Crippen molar-refractivity contribution in [2.45, 2.75) is 6.54 Å². The van der Waals surface area contributed by atoms with E-state index in [0.29, 0.717) is 23.9 Å². The summed E-state index contributed by atoms with van der Waals surface area (Å²) in [7, 11) is 3.18. The van der Waals surface area contributed by atoms with E-state index in [2.05, 4.69) is 20.7 Å². The van der Waals surface area contributed by atoms with Crippen molar-refractivity contribution in [3.8, 4) is 11.5 Å². The van der Waals surface area contributed by atoms with Crippen LogP contribution in [0.3, 0.4) is 0 Å². The molecule has 20 heavy (non-hydrogen) atoms. The van der Waals surface area contributed by atoms with E-state index < -0.39 is 0 Å². The molecule has 0 fully saturated rings. The number of hydrazine groups is 1. The molecule has 1 aromatic carbocycles. The molecule has 2 aromatic rings. The highest BCUT2D eigenvalue weighted by Crippen LogP contribution is 2.28. The number of nitrogens with one attached hydrogen (secondary N) is 2. The minimum atomic E-state index is 0.427. The van der Waals surface area contributed by atoms with Gasteiger partial charge in [0, 0.05) is 6.54 Å². The van der Waals surface area contributed by atoms with Crippen LogP contribution in [0.25, 0.3) is 0 Å². The van der Waals surface area contributed by atoms with Crippen molar-refractivity contribution >= 4 is 11.6 Å². The van der Waals surface area contributed by atoms with Crippen LogP contribution in [0.2, 0.25) is 0 Å². The van der Waals surface area contributed by atoms with Crippen LogP contribution in [0.4, 0.5) is 11.6 Å². The molecule has 0 spiro atoms. The zero-order valence-corrected chi connectivity index (χ0v) is 11.4. The molecule has 1 heterocycles. The molecule has 0 saturated heterocycles. The molecule has 0 bridgehead atoms. The summed E-state index contributed by atoms with van der Waals surface area (Å²) in [4.78, 5) is 8.12. The Morgan fingerprint density at radius 2 is 1.95 bits per heavy atom. The molecule has 0 atom stereocenters. The number of methoxy groups -OCH3 is 2. The monoisotopic (exact) mass is 275 g/mol. The van der Waals surface area contributed by atoms with Gasteiger partial charge in [0.25, 0.3) is 0 Å². The second kappa shape index (κ2) is 6.58. The van der Waals surface area contributed by atoms with Crippen LogP contribution in [0.5, 0.6) is 11.5 Å². The third kappa shape index (κ3) is 3.07. The van der Waals surface area contributed by atoms with E-state index in [-0.39, 0.29) is 0 Å². The van der Waals surface area contributed by atoms with Crippen molar-refractivity contribution in [1.29, 1.82) is 0 Å². The summed E-state index contributed by atoms with van der Waals surface area (Å²) in [6.45, 7) is 0.578. The van der Waals surface area contributed by atoms with Gasteiger partial charge in [-0.15, -0.1) is 0 Å². The normalized spacial score (nSPS) is 9.95. The van der Waals surface area contributed by atoms with Crippen LogP contribution in [-0.2, 0) is 6.54 Å². The Morgan fingerprint density at radius 3 is 2.65 bits per heavy atom. The summed E-state index contributed by atoms with van der Waals surface area (Å²) in [6.07, 6.45) is 1.41. The van der Waals surface area contributed by atoms with Crippen LogP contribution in [-0.4, -0.2) is 24.2 Å². The highest BCUT2D eigenvalue weighted by atomic mass is 16.5. The maximum absolute atomic E-state index is 5.38. The van der Waals surface area contributed by atoms with Gasteiger partial charge < -0.3 is 20.2 Å². The van der Waals surface area contributed by atoms with Crippen molar-refractivity contribution < 1.29 is 9.47 Å². The average Bonchev–Trinajstić information content (AvgIpc) is 2.52. The topological polar surface area (TPSA) is 94.3 Å². The van der Waals surface area contributed by atoms with Crippen LogP contribution < -0.4 is 26.1 Å². The number of anilines is 2. The first kappa shape index (κ1) is 13.9. The number of ether oxygens (including phenoxy) is 2. The first-order valence-electron chi connectivity index (χ1n) is 6.01. The Morgan fingerprint density at radius 1 is 1.15 bits per heavy atom. The van der Waals surface area contributed by atoms with Gasteiger partial charge in [-0.25, -0.2) is 15.8 Å². The van der Waals surface area contributed by atoms with E-state index in [9.17, 15) is 0 Å². The number of nitrogens with zero attached hydrogens (tertiary/aromatic N) is 2. The lowest BCUT2D eigenvalue weighted by Crippen LogP contribution is -2.12. The number of nitrogens with two attached hydrogens (primary N) is 1. The van der Waals surface area contributed by atoms with Crippen molar-refractivity contribution in [2.24, 2.45) is 5.84 Å². The number of hydrogen-bond acceptors (Lipinski definition) is 7. The summed E-state index contributed by atoms with van der Waals surface area (Å²) in [5.74, 6) is 7.65. The van der Waals surface area contributed by atoms with Gasteiger partial charge in [-0.2, -0.15) is 0 Å². The molecule has 0 aliphatic heterocycles. The Kier molecular flexibility index (Phi) is 4.56. The minimum absolute atomic E-state index is 0.427. The van der Waals surface area contributed by atoms with Gasteiger partial charge in [-0.3, -0.25) is 0 Å². The molecule has 7 nitrogen and oxygen atoms in total. The lowest BCUT2D eigenvalue weighted by atomic mass is 10.2. The third-order valence-electron chi connectivity index (χ3n) is 2.74. The fourth-order valence-electron chi connectivity index (χ4n) is 1.76. The summed E-state index contributed by atoms with van der Waals surface area (Å²) in [5.41, 5.74) is 3.53. The molecule has 0 radical (unpaired) electrons. The summed E-state index contributed by atoms with van der Waals surface area (Å²) in [5, 5.41) is 3.18. The molecule has 0 unspecified atom stereocenters. The molecule has 0 saturated carbocycles. The Bertz CT molecular complexity index is 576. The largest absolute Gasteiger partial charge is 0.497 e. The van der Waals surface area contributed by atoms with E-state index >= 15 is 0 Å². The van der Waals surface area contributed by atoms with E-state index in [0.717, 1.165) is 11.3 Å². The van der Waals surface area contributed by atoms with Gasteiger partial charge in [0.2, 0.25) is 5.75 Å². The number of aromatic nitrogens is 2. The van der Waals surface area contributed by atoms with Crippen molar-refractivity contribution in [1.82, 2.24) is 9.97 Å². The molecule has 7 heteroatoms. The lowest BCUT2D eigenvalue weighted by molar-refractivity contribution is 0.414. The SMILES string of the molecule is COc1cccc(CNc2ncnc(NN)c2OC)c1. The smallest absolute Gasteiger partial charge is 0.205 e. The second-order valence-electron chi connectivity index (χ2n) is 3.95. The van der Waals surface area contributed by atoms with Crippen LogP contribution in [0.1, 0.15) is 5.56 Å². The second-order valence-corrected chi connectivity index (χ2v) is 3.95. The average molecular weight is 275 g/mol. The van der Waals surface area contributed by atoms with Gasteiger partial charge in [-0.05, 0) is 17.7 Å². The molecule has 0 aliphatic rings. The number of benzene rings is 1. The number of rotatable bonds is 6. The van der Waals surface area contributed by atoms with Crippen LogP contribution >= 0.6 is 0 Å². The number of hydrogen-bond donors (Lipinski definition) is 3. The first-order valence-corrected chi connectivity index (χ1v) is 6.01. The summed E-state index contributed by atoms with van der Waals surface area (Å²) in [6, 6.07) is 7.76. The Balaban J connectivity index is 2.14.